The van der Waals surface area contributed by atoms with Gasteiger partial charge in [-0.05, 0) is 44.0 Å². The number of nitrogens with one attached hydrogen (secondary N) is 2. The molecule has 0 unspecified atom stereocenters. The summed E-state index contributed by atoms with van der Waals surface area (Å²) in [7, 11) is 0. The molecule has 0 radical (unpaired) electrons. The van der Waals surface area contributed by atoms with Gasteiger partial charge in [0.15, 0.2) is 0 Å². The van der Waals surface area contributed by atoms with Gasteiger partial charge in [-0.25, -0.2) is 14.8 Å². The molecule has 0 saturated carbocycles. The van der Waals surface area contributed by atoms with Crippen LogP contribution in [0.3, 0.4) is 0 Å². The molecule has 0 aliphatic carbocycles. The van der Waals surface area contributed by atoms with Crippen molar-refractivity contribution in [1.82, 2.24) is 9.97 Å². The number of benzene rings is 2. The number of aromatic nitrogens is 2. The quantitative estimate of drug-likeness (QED) is 0.305. The number of aryl methyl sites for hydroxylation is 1. The summed E-state index contributed by atoms with van der Waals surface area (Å²) in [5, 5.41) is 14.9. The largest absolute Gasteiger partial charge is 0.491 e. The van der Waals surface area contributed by atoms with Gasteiger partial charge in [-0.15, -0.1) is 0 Å². The molecule has 3 aromatic rings. The SMILES string of the molecule is Cc1ncnc2c(OCCCCCCC(=O)Nc3ccccc3NC(=O)O)cc(Br)cc12. The molecule has 0 atom stereocenters. The Morgan fingerprint density at radius 2 is 1.75 bits per heavy atom. The van der Waals surface area contributed by atoms with Crippen molar-refractivity contribution in [2.45, 2.75) is 39.0 Å². The monoisotopic (exact) mass is 500 g/mol. The summed E-state index contributed by atoms with van der Waals surface area (Å²) in [6.07, 6.45) is 4.18. The lowest BCUT2D eigenvalue weighted by molar-refractivity contribution is -0.116. The van der Waals surface area contributed by atoms with E-state index in [1.165, 1.54) is 0 Å². The van der Waals surface area contributed by atoms with Crippen LogP contribution in [-0.4, -0.2) is 33.7 Å². The zero-order valence-electron chi connectivity index (χ0n) is 17.7. The maximum atomic E-state index is 12.2. The summed E-state index contributed by atoms with van der Waals surface area (Å²) < 4.78 is 6.87. The van der Waals surface area contributed by atoms with Crippen LogP contribution in [0.5, 0.6) is 5.75 Å². The highest BCUT2D eigenvalue weighted by atomic mass is 79.9. The number of hydrogen-bond donors (Lipinski definition) is 3. The number of amides is 2. The van der Waals surface area contributed by atoms with Crippen LogP contribution in [-0.2, 0) is 4.79 Å². The van der Waals surface area contributed by atoms with Crippen LogP contribution in [0.15, 0.2) is 47.2 Å². The molecule has 168 valence electrons. The molecule has 2 aromatic carbocycles. The number of carboxylic acid groups (broad SMARTS) is 1. The summed E-state index contributed by atoms with van der Waals surface area (Å²) in [5.74, 6) is 0.587. The van der Waals surface area contributed by atoms with Crippen LogP contribution in [0.4, 0.5) is 16.2 Å². The van der Waals surface area contributed by atoms with E-state index in [0.29, 0.717) is 24.4 Å². The van der Waals surface area contributed by atoms with Crippen molar-refractivity contribution in [3.63, 3.8) is 0 Å². The van der Waals surface area contributed by atoms with Gasteiger partial charge >= 0.3 is 6.09 Å². The summed E-state index contributed by atoms with van der Waals surface area (Å²) in [5.41, 5.74) is 2.51. The summed E-state index contributed by atoms with van der Waals surface area (Å²) in [6, 6.07) is 10.6. The predicted molar refractivity (Wildman–Crippen MR) is 127 cm³/mol. The van der Waals surface area contributed by atoms with E-state index in [9.17, 15) is 9.59 Å². The first-order chi connectivity index (χ1) is 15.4. The molecule has 1 aromatic heterocycles. The van der Waals surface area contributed by atoms with Gasteiger partial charge < -0.3 is 15.2 Å². The number of anilines is 2. The average molecular weight is 501 g/mol. The van der Waals surface area contributed by atoms with Crippen LogP contribution in [0, 0.1) is 6.92 Å². The van der Waals surface area contributed by atoms with Gasteiger partial charge in [0.25, 0.3) is 0 Å². The zero-order chi connectivity index (χ0) is 22.9. The van der Waals surface area contributed by atoms with Crippen molar-refractivity contribution in [3.05, 3.63) is 52.9 Å². The molecule has 0 saturated heterocycles. The fourth-order valence-corrected chi connectivity index (χ4v) is 3.73. The Morgan fingerprint density at radius 1 is 1.03 bits per heavy atom. The zero-order valence-corrected chi connectivity index (χ0v) is 19.3. The summed E-state index contributed by atoms with van der Waals surface area (Å²) in [4.78, 5) is 31.6. The second-order valence-electron chi connectivity index (χ2n) is 7.30. The number of rotatable bonds is 10. The molecule has 32 heavy (non-hydrogen) atoms. The molecule has 0 bridgehead atoms. The highest BCUT2D eigenvalue weighted by Gasteiger charge is 2.10. The molecule has 8 nitrogen and oxygen atoms in total. The van der Waals surface area contributed by atoms with Crippen molar-refractivity contribution in [2.24, 2.45) is 0 Å². The molecule has 0 fully saturated rings. The number of ether oxygens (including phenoxy) is 1. The Labute approximate surface area is 194 Å². The normalized spacial score (nSPS) is 10.7. The molecule has 1 heterocycles. The molecule has 9 heteroatoms. The van der Waals surface area contributed by atoms with Crippen molar-refractivity contribution >= 4 is 50.2 Å². The first kappa shape index (κ1) is 23.5. The number of halogens is 1. The second kappa shape index (κ2) is 11.4. The average Bonchev–Trinajstić information content (AvgIpc) is 2.74. The number of carbonyl (C=O) groups excluding carboxylic acids is 1. The highest BCUT2D eigenvalue weighted by molar-refractivity contribution is 9.10. The van der Waals surface area contributed by atoms with Crippen molar-refractivity contribution in [3.8, 4) is 5.75 Å². The van der Waals surface area contributed by atoms with E-state index in [-0.39, 0.29) is 5.91 Å². The predicted octanol–water partition coefficient (Wildman–Crippen LogP) is 5.76. The van der Waals surface area contributed by atoms with E-state index in [4.69, 9.17) is 9.84 Å². The molecular formula is C23H25BrN4O4. The number of unbranched alkanes of at least 4 members (excludes halogenated alkanes) is 3. The molecule has 0 spiro atoms. The van der Waals surface area contributed by atoms with E-state index in [1.807, 2.05) is 19.1 Å². The standard InChI is InChI=1S/C23H25BrN4O4/c1-15-17-12-16(24)13-20(22(17)26-14-25-15)32-11-7-3-2-4-10-21(29)27-18-8-5-6-9-19(18)28-23(30)31/h5-6,8-9,12-14,28H,2-4,7,10-11H2,1H3,(H,27,29)(H,30,31). The van der Waals surface area contributed by atoms with E-state index in [0.717, 1.165) is 52.5 Å². The number of fused-ring (bicyclic) bond motifs is 1. The smallest absolute Gasteiger partial charge is 0.409 e. The maximum absolute atomic E-state index is 12.2. The number of nitrogens with zero attached hydrogens (tertiary/aromatic N) is 2. The second-order valence-corrected chi connectivity index (χ2v) is 8.21. The Bertz CT molecular complexity index is 1110. The first-order valence-electron chi connectivity index (χ1n) is 10.4. The number of para-hydroxylation sites is 2. The van der Waals surface area contributed by atoms with E-state index in [1.54, 1.807) is 30.6 Å². The third-order valence-electron chi connectivity index (χ3n) is 4.87. The lowest BCUT2D eigenvalue weighted by Gasteiger charge is -2.11. The highest BCUT2D eigenvalue weighted by Crippen LogP contribution is 2.30. The lowest BCUT2D eigenvalue weighted by atomic mass is 10.1. The minimum absolute atomic E-state index is 0.142. The van der Waals surface area contributed by atoms with Gasteiger partial charge in [0.1, 0.15) is 17.6 Å². The van der Waals surface area contributed by atoms with Crippen LogP contribution in [0.25, 0.3) is 10.9 Å². The topological polar surface area (TPSA) is 113 Å². The first-order valence-corrected chi connectivity index (χ1v) is 11.2. The van der Waals surface area contributed by atoms with Gasteiger partial charge in [-0.1, -0.05) is 40.9 Å². The van der Waals surface area contributed by atoms with E-state index >= 15 is 0 Å². The van der Waals surface area contributed by atoms with Gasteiger partial charge in [0, 0.05) is 22.0 Å². The Kier molecular flexibility index (Phi) is 8.38. The molecular weight excluding hydrogens is 476 g/mol. The Hall–Kier alpha value is -3.20. The van der Waals surface area contributed by atoms with Gasteiger partial charge in [0.2, 0.25) is 5.91 Å². The summed E-state index contributed by atoms with van der Waals surface area (Å²) in [6.45, 7) is 2.51. The van der Waals surface area contributed by atoms with Crippen LogP contribution in [0.1, 0.15) is 37.8 Å². The molecule has 3 rings (SSSR count). The van der Waals surface area contributed by atoms with Crippen molar-refractivity contribution in [1.29, 1.82) is 0 Å². The Balaban J connectivity index is 1.38. The fraction of sp³-hybridized carbons (Fsp3) is 0.304. The van der Waals surface area contributed by atoms with E-state index in [2.05, 4.69) is 36.5 Å². The Morgan fingerprint density at radius 3 is 2.50 bits per heavy atom. The molecule has 2 amide bonds. The number of hydrogen-bond acceptors (Lipinski definition) is 5. The maximum Gasteiger partial charge on any atom is 0.409 e. The third kappa shape index (κ3) is 6.65. The van der Waals surface area contributed by atoms with Crippen LogP contribution < -0.4 is 15.4 Å². The van der Waals surface area contributed by atoms with Crippen LogP contribution >= 0.6 is 15.9 Å². The van der Waals surface area contributed by atoms with Crippen molar-refractivity contribution in [2.75, 3.05) is 17.2 Å². The molecule has 0 aliphatic rings. The van der Waals surface area contributed by atoms with E-state index < -0.39 is 6.09 Å². The van der Waals surface area contributed by atoms with Gasteiger partial charge in [-0.3, -0.25) is 10.1 Å². The summed E-state index contributed by atoms with van der Waals surface area (Å²) >= 11 is 3.51. The van der Waals surface area contributed by atoms with Gasteiger partial charge in [0.05, 0.1) is 18.0 Å². The lowest BCUT2D eigenvalue weighted by Crippen LogP contribution is -2.15. The minimum Gasteiger partial charge on any atom is -0.491 e. The minimum atomic E-state index is -1.17. The molecule has 0 aliphatic heterocycles. The number of carbonyl (C=O) groups is 2. The third-order valence-corrected chi connectivity index (χ3v) is 5.32. The molecule has 3 N–H and O–H groups in total. The van der Waals surface area contributed by atoms with Crippen molar-refractivity contribution < 1.29 is 19.4 Å². The van der Waals surface area contributed by atoms with Crippen LogP contribution in [0.2, 0.25) is 0 Å². The fourth-order valence-electron chi connectivity index (χ4n) is 3.29. The van der Waals surface area contributed by atoms with Gasteiger partial charge in [-0.2, -0.15) is 0 Å².